The van der Waals surface area contributed by atoms with E-state index in [9.17, 15) is 9.59 Å². The first kappa shape index (κ1) is 12.2. The van der Waals surface area contributed by atoms with Crippen molar-refractivity contribution in [2.45, 2.75) is 19.9 Å². The molecular weight excluding hydrogens is 232 g/mol. The van der Waals surface area contributed by atoms with Crippen molar-refractivity contribution in [2.75, 3.05) is 0 Å². The minimum atomic E-state index is -0.418. The molecule has 0 saturated heterocycles. The van der Waals surface area contributed by atoms with Crippen molar-refractivity contribution in [1.82, 2.24) is 10.3 Å². The zero-order valence-electron chi connectivity index (χ0n) is 10.2. The number of pyridine rings is 1. The molecule has 0 aliphatic carbocycles. The first-order valence-electron chi connectivity index (χ1n) is 5.63. The van der Waals surface area contributed by atoms with Crippen molar-refractivity contribution in [2.24, 2.45) is 0 Å². The Morgan fingerprint density at radius 1 is 1.39 bits per heavy atom. The molecule has 18 heavy (non-hydrogen) atoms. The number of furan rings is 1. The highest BCUT2D eigenvalue weighted by Crippen LogP contribution is 2.15. The molecule has 2 rings (SSSR count). The molecule has 0 spiro atoms. The van der Waals surface area contributed by atoms with Crippen LogP contribution in [0, 0.1) is 6.92 Å². The summed E-state index contributed by atoms with van der Waals surface area (Å²) < 4.78 is 5.41. The van der Waals surface area contributed by atoms with Crippen molar-refractivity contribution in [3.05, 3.63) is 57.9 Å². The monoisotopic (exact) mass is 246 g/mol. The molecule has 0 aromatic carbocycles. The van der Waals surface area contributed by atoms with Gasteiger partial charge in [0.05, 0.1) is 6.04 Å². The lowest BCUT2D eigenvalue weighted by Crippen LogP contribution is -2.31. The van der Waals surface area contributed by atoms with Gasteiger partial charge in [-0.25, -0.2) is 0 Å². The van der Waals surface area contributed by atoms with Crippen LogP contribution in [0.25, 0.3) is 0 Å². The highest BCUT2D eigenvalue weighted by atomic mass is 16.3. The summed E-state index contributed by atoms with van der Waals surface area (Å²) in [6.45, 7) is 3.63. The van der Waals surface area contributed by atoms with Crippen molar-refractivity contribution >= 4 is 5.91 Å². The summed E-state index contributed by atoms with van der Waals surface area (Å²) in [6, 6.07) is 6.43. The first-order valence-corrected chi connectivity index (χ1v) is 5.63. The molecule has 1 amide bonds. The molecule has 5 nitrogen and oxygen atoms in total. The fraction of sp³-hybridized carbons (Fsp3) is 0.231. The fourth-order valence-electron chi connectivity index (χ4n) is 1.63. The lowest BCUT2D eigenvalue weighted by Gasteiger charge is -2.10. The van der Waals surface area contributed by atoms with E-state index in [1.165, 1.54) is 12.3 Å². The zero-order valence-corrected chi connectivity index (χ0v) is 10.2. The summed E-state index contributed by atoms with van der Waals surface area (Å²) in [7, 11) is 0. The highest BCUT2D eigenvalue weighted by molar-refractivity contribution is 5.93. The van der Waals surface area contributed by atoms with Gasteiger partial charge in [-0.1, -0.05) is 0 Å². The van der Waals surface area contributed by atoms with Crippen LogP contribution in [0.1, 0.15) is 34.8 Å². The van der Waals surface area contributed by atoms with Gasteiger partial charge < -0.3 is 14.7 Å². The number of aromatic nitrogens is 1. The predicted octanol–water partition coefficient (Wildman–Crippen LogP) is 1.77. The van der Waals surface area contributed by atoms with E-state index in [0.717, 1.165) is 5.76 Å². The summed E-state index contributed by atoms with van der Waals surface area (Å²) >= 11 is 0. The average Bonchev–Trinajstić information content (AvgIpc) is 2.76. The standard InChI is InChI=1S/C13H14N2O3/c1-8-5-6-11(18-8)9(2)15-13(17)10-4-3-7-14-12(10)16/h3-7,9H,1-2H3,(H,14,16)(H,15,17). The van der Waals surface area contributed by atoms with Crippen LogP contribution in [0.3, 0.4) is 0 Å². The Balaban J connectivity index is 2.13. The summed E-state index contributed by atoms with van der Waals surface area (Å²) in [5, 5.41) is 2.71. The molecule has 1 unspecified atom stereocenters. The van der Waals surface area contributed by atoms with Crippen LogP contribution in [-0.4, -0.2) is 10.9 Å². The third kappa shape index (κ3) is 2.51. The summed E-state index contributed by atoms with van der Waals surface area (Å²) in [5.74, 6) is 1.02. The third-order valence-corrected chi connectivity index (χ3v) is 2.60. The number of hydrogen-bond donors (Lipinski definition) is 2. The van der Waals surface area contributed by atoms with E-state index in [1.807, 2.05) is 13.0 Å². The van der Waals surface area contributed by atoms with E-state index in [1.54, 1.807) is 19.1 Å². The molecule has 2 aromatic rings. The van der Waals surface area contributed by atoms with Gasteiger partial charge in [-0.2, -0.15) is 0 Å². The van der Waals surface area contributed by atoms with Gasteiger partial charge in [0.1, 0.15) is 17.1 Å². The maximum atomic E-state index is 11.9. The van der Waals surface area contributed by atoms with E-state index in [2.05, 4.69) is 10.3 Å². The summed E-state index contributed by atoms with van der Waals surface area (Å²) in [5.41, 5.74) is -0.314. The molecular formula is C13H14N2O3. The van der Waals surface area contributed by atoms with E-state index in [-0.39, 0.29) is 11.6 Å². The van der Waals surface area contributed by atoms with Gasteiger partial charge >= 0.3 is 0 Å². The van der Waals surface area contributed by atoms with Crippen LogP contribution in [-0.2, 0) is 0 Å². The van der Waals surface area contributed by atoms with Gasteiger partial charge in [0.2, 0.25) is 0 Å². The smallest absolute Gasteiger partial charge is 0.260 e. The largest absolute Gasteiger partial charge is 0.464 e. The van der Waals surface area contributed by atoms with E-state index < -0.39 is 11.5 Å². The second kappa shape index (κ2) is 4.91. The van der Waals surface area contributed by atoms with Gasteiger partial charge in [-0.05, 0) is 38.1 Å². The van der Waals surface area contributed by atoms with Gasteiger partial charge in [0, 0.05) is 6.20 Å². The maximum Gasteiger partial charge on any atom is 0.260 e. The van der Waals surface area contributed by atoms with Crippen molar-refractivity contribution in [3.8, 4) is 0 Å². The van der Waals surface area contributed by atoms with Crippen LogP contribution < -0.4 is 10.9 Å². The average molecular weight is 246 g/mol. The molecule has 0 bridgehead atoms. The second-order valence-electron chi connectivity index (χ2n) is 4.06. The fourth-order valence-corrected chi connectivity index (χ4v) is 1.63. The van der Waals surface area contributed by atoms with Crippen LogP contribution in [0.5, 0.6) is 0 Å². The molecule has 2 aromatic heterocycles. The SMILES string of the molecule is Cc1ccc(C(C)NC(=O)c2ccc[nH]c2=O)o1. The van der Waals surface area contributed by atoms with E-state index in [0.29, 0.717) is 5.76 Å². The van der Waals surface area contributed by atoms with Crippen molar-refractivity contribution in [3.63, 3.8) is 0 Å². The molecule has 94 valence electrons. The molecule has 0 saturated carbocycles. The molecule has 0 fully saturated rings. The number of hydrogen-bond acceptors (Lipinski definition) is 3. The minimum Gasteiger partial charge on any atom is -0.464 e. The van der Waals surface area contributed by atoms with Crippen LogP contribution in [0.2, 0.25) is 0 Å². The van der Waals surface area contributed by atoms with E-state index in [4.69, 9.17) is 4.42 Å². The Bertz CT molecular complexity index is 612. The van der Waals surface area contributed by atoms with Gasteiger partial charge in [0.25, 0.3) is 11.5 Å². The number of rotatable bonds is 3. The molecule has 0 radical (unpaired) electrons. The van der Waals surface area contributed by atoms with Gasteiger partial charge in [0.15, 0.2) is 0 Å². The highest BCUT2D eigenvalue weighted by Gasteiger charge is 2.15. The van der Waals surface area contributed by atoms with Crippen molar-refractivity contribution < 1.29 is 9.21 Å². The van der Waals surface area contributed by atoms with Gasteiger partial charge in [-0.3, -0.25) is 9.59 Å². The van der Waals surface area contributed by atoms with Crippen LogP contribution >= 0.6 is 0 Å². The molecule has 0 aliphatic rings. The Kier molecular flexibility index (Phi) is 3.32. The number of aromatic amines is 1. The van der Waals surface area contributed by atoms with E-state index >= 15 is 0 Å². The third-order valence-electron chi connectivity index (χ3n) is 2.60. The molecule has 5 heteroatoms. The number of amides is 1. The lowest BCUT2D eigenvalue weighted by atomic mass is 10.2. The normalized spacial score (nSPS) is 12.1. The zero-order chi connectivity index (χ0) is 13.1. The van der Waals surface area contributed by atoms with Crippen LogP contribution in [0.15, 0.2) is 39.7 Å². The summed E-state index contributed by atoms with van der Waals surface area (Å²) in [4.78, 5) is 25.8. The van der Waals surface area contributed by atoms with Crippen LogP contribution in [0.4, 0.5) is 0 Å². The maximum absolute atomic E-state index is 11.9. The Hall–Kier alpha value is -2.30. The number of carbonyl (C=O) groups is 1. The predicted molar refractivity (Wildman–Crippen MR) is 66.4 cm³/mol. The Morgan fingerprint density at radius 2 is 2.17 bits per heavy atom. The topological polar surface area (TPSA) is 75.1 Å². The molecule has 1 atom stereocenters. The van der Waals surface area contributed by atoms with Gasteiger partial charge in [-0.15, -0.1) is 0 Å². The first-order chi connectivity index (χ1) is 8.58. The summed E-state index contributed by atoms with van der Waals surface area (Å²) in [6.07, 6.45) is 1.48. The number of nitrogens with one attached hydrogen (secondary N) is 2. The number of aryl methyl sites for hydroxylation is 1. The lowest BCUT2D eigenvalue weighted by molar-refractivity contribution is 0.0933. The number of H-pyrrole nitrogens is 1. The second-order valence-corrected chi connectivity index (χ2v) is 4.06. The Morgan fingerprint density at radius 3 is 2.78 bits per heavy atom. The quantitative estimate of drug-likeness (QED) is 0.866. The molecule has 0 aliphatic heterocycles. The van der Waals surface area contributed by atoms with Crippen molar-refractivity contribution in [1.29, 1.82) is 0 Å². The molecule has 2 heterocycles. The Labute approximate surface area is 104 Å². The number of carbonyl (C=O) groups excluding carboxylic acids is 1. The molecule has 2 N–H and O–H groups in total. The minimum absolute atomic E-state index is 0.0904.